The van der Waals surface area contributed by atoms with Gasteiger partial charge in [0.15, 0.2) is 0 Å². The third kappa shape index (κ3) is 6.90. The third-order valence-electron chi connectivity index (χ3n) is 4.54. The Balaban J connectivity index is 0.000000335. The highest BCUT2D eigenvalue weighted by Gasteiger charge is 2.32. The normalized spacial score (nSPS) is 14.9. The van der Waals surface area contributed by atoms with Crippen molar-refractivity contribution in [3.63, 3.8) is 0 Å². The van der Waals surface area contributed by atoms with Crippen LogP contribution in [0.4, 0.5) is 19.0 Å². The topological polar surface area (TPSA) is 42.7 Å². The number of nitrogens with zero attached hydrogens (tertiary/aromatic N) is 3. The minimum absolute atomic E-state index is 0.341. The zero-order valence-corrected chi connectivity index (χ0v) is 17.7. The molecule has 1 aliphatic heterocycles. The molecule has 3 heterocycles. The SMILES string of the molecule is CNc1ccccn1.C\C=C/C(=C\C(=C\CC)C(F)(F)F)c1cc2n(n1)CCCC2. The van der Waals surface area contributed by atoms with Crippen LogP contribution in [0.15, 0.2) is 60.3 Å². The van der Waals surface area contributed by atoms with E-state index in [0.717, 1.165) is 37.3 Å². The number of aryl methyl sites for hydroxylation is 2. The van der Waals surface area contributed by atoms with Crippen LogP contribution < -0.4 is 5.32 Å². The summed E-state index contributed by atoms with van der Waals surface area (Å²) >= 11 is 0. The lowest BCUT2D eigenvalue weighted by Gasteiger charge is -2.11. The van der Waals surface area contributed by atoms with Crippen molar-refractivity contribution in [3.05, 3.63) is 71.7 Å². The van der Waals surface area contributed by atoms with Crippen molar-refractivity contribution in [2.75, 3.05) is 12.4 Å². The Morgan fingerprint density at radius 1 is 1.27 bits per heavy atom. The van der Waals surface area contributed by atoms with Gasteiger partial charge in [0.2, 0.25) is 0 Å². The molecule has 1 N–H and O–H groups in total. The molecule has 0 saturated heterocycles. The molecular weight excluding hydrogens is 389 g/mol. The maximum Gasteiger partial charge on any atom is 0.416 e. The van der Waals surface area contributed by atoms with Crippen molar-refractivity contribution in [2.45, 2.75) is 52.3 Å². The van der Waals surface area contributed by atoms with E-state index in [4.69, 9.17) is 0 Å². The molecule has 0 radical (unpaired) electrons. The van der Waals surface area contributed by atoms with Crippen LogP contribution in [0.3, 0.4) is 0 Å². The van der Waals surface area contributed by atoms with Gasteiger partial charge in [-0.1, -0.05) is 31.2 Å². The van der Waals surface area contributed by atoms with E-state index in [2.05, 4.69) is 15.4 Å². The molecule has 162 valence electrons. The molecule has 1 aliphatic rings. The third-order valence-corrected chi connectivity index (χ3v) is 4.54. The molecule has 0 aromatic carbocycles. The standard InChI is InChI=1S/C17H21F3N2.C6H8N2/c1-3-7-13(11-14(8-4-2)17(18,19)20)16-12-15-9-5-6-10-22(15)21-16;1-7-6-4-2-3-5-8-6/h3,7-8,11-12H,4-6,9-10H2,1-2H3;2-5H,1H3,(H,7,8)/b7-3-,13-11+,14-8-;. The number of anilines is 1. The van der Waals surface area contributed by atoms with Gasteiger partial charge >= 0.3 is 6.18 Å². The van der Waals surface area contributed by atoms with Gasteiger partial charge in [0.05, 0.1) is 11.3 Å². The average molecular weight is 419 g/mol. The Labute approximate surface area is 176 Å². The number of alkyl halides is 3. The number of pyridine rings is 1. The average Bonchev–Trinajstić information content (AvgIpc) is 3.17. The lowest BCUT2D eigenvalue weighted by molar-refractivity contribution is -0.0883. The summed E-state index contributed by atoms with van der Waals surface area (Å²) in [6.07, 6.45) is 6.69. The van der Waals surface area contributed by atoms with Crippen LogP contribution in [0.25, 0.3) is 5.57 Å². The molecule has 7 heteroatoms. The molecule has 4 nitrogen and oxygen atoms in total. The predicted octanol–water partition coefficient (Wildman–Crippen LogP) is 6.20. The van der Waals surface area contributed by atoms with Crippen molar-refractivity contribution >= 4 is 11.4 Å². The zero-order valence-electron chi connectivity index (χ0n) is 17.7. The zero-order chi connectivity index (χ0) is 22.0. The summed E-state index contributed by atoms with van der Waals surface area (Å²) < 4.78 is 41.2. The van der Waals surface area contributed by atoms with E-state index in [1.54, 1.807) is 32.2 Å². The van der Waals surface area contributed by atoms with Crippen LogP contribution >= 0.6 is 0 Å². The van der Waals surface area contributed by atoms with Gasteiger partial charge in [0.25, 0.3) is 0 Å². The Bertz CT molecular complexity index is 854. The van der Waals surface area contributed by atoms with Gasteiger partial charge in [0, 0.05) is 31.1 Å². The number of halogens is 3. The predicted molar refractivity (Wildman–Crippen MR) is 116 cm³/mol. The van der Waals surface area contributed by atoms with E-state index in [0.29, 0.717) is 17.7 Å². The minimum Gasteiger partial charge on any atom is -0.373 e. The van der Waals surface area contributed by atoms with Gasteiger partial charge in [0.1, 0.15) is 5.82 Å². The molecule has 0 bridgehead atoms. The maximum absolute atomic E-state index is 13.1. The molecule has 0 saturated carbocycles. The maximum atomic E-state index is 13.1. The number of allylic oxidation sites excluding steroid dienone is 6. The molecule has 0 unspecified atom stereocenters. The fourth-order valence-corrected chi connectivity index (χ4v) is 3.10. The molecule has 0 amide bonds. The highest BCUT2D eigenvalue weighted by atomic mass is 19.4. The Morgan fingerprint density at radius 3 is 2.60 bits per heavy atom. The highest BCUT2D eigenvalue weighted by Crippen LogP contribution is 2.30. The summed E-state index contributed by atoms with van der Waals surface area (Å²) in [5, 5.41) is 7.38. The number of fused-ring (bicyclic) bond motifs is 1. The first-order valence-electron chi connectivity index (χ1n) is 10.2. The Kier molecular flexibility index (Phi) is 8.89. The summed E-state index contributed by atoms with van der Waals surface area (Å²) in [4.78, 5) is 3.99. The Hall–Kier alpha value is -2.83. The highest BCUT2D eigenvalue weighted by molar-refractivity contribution is 5.74. The van der Waals surface area contributed by atoms with Gasteiger partial charge in [-0.05, 0) is 56.9 Å². The molecule has 2 aromatic rings. The first-order chi connectivity index (χ1) is 14.4. The van der Waals surface area contributed by atoms with Crippen LogP contribution in [-0.2, 0) is 13.0 Å². The van der Waals surface area contributed by atoms with Gasteiger partial charge in [-0.15, -0.1) is 0 Å². The molecule has 3 rings (SSSR count). The van der Waals surface area contributed by atoms with Crippen molar-refractivity contribution in [3.8, 4) is 0 Å². The summed E-state index contributed by atoms with van der Waals surface area (Å²) in [6, 6.07) is 7.66. The molecule has 0 spiro atoms. The van der Waals surface area contributed by atoms with E-state index in [-0.39, 0.29) is 0 Å². The first kappa shape index (κ1) is 23.4. The van der Waals surface area contributed by atoms with Gasteiger partial charge < -0.3 is 5.32 Å². The second-order valence-electron chi connectivity index (χ2n) is 6.83. The van der Waals surface area contributed by atoms with Crippen LogP contribution in [0.5, 0.6) is 0 Å². The van der Waals surface area contributed by atoms with Crippen molar-refractivity contribution in [1.82, 2.24) is 14.8 Å². The second-order valence-corrected chi connectivity index (χ2v) is 6.83. The number of hydrogen-bond acceptors (Lipinski definition) is 3. The van der Waals surface area contributed by atoms with Gasteiger partial charge in [-0.25, -0.2) is 4.98 Å². The summed E-state index contributed by atoms with van der Waals surface area (Å²) in [6.45, 7) is 4.33. The van der Waals surface area contributed by atoms with E-state index < -0.39 is 11.7 Å². The van der Waals surface area contributed by atoms with E-state index >= 15 is 0 Å². The number of hydrogen-bond donors (Lipinski definition) is 1. The lowest BCUT2D eigenvalue weighted by atomic mass is 10.0. The fourth-order valence-electron chi connectivity index (χ4n) is 3.10. The van der Waals surface area contributed by atoms with Crippen LogP contribution in [0, 0.1) is 0 Å². The fraction of sp³-hybridized carbons (Fsp3) is 0.391. The quantitative estimate of drug-likeness (QED) is 0.588. The van der Waals surface area contributed by atoms with Gasteiger partial charge in [-0.2, -0.15) is 18.3 Å². The number of nitrogens with one attached hydrogen (secondary N) is 1. The smallest absolute Gasteiger partial charge is 0.373 e. The van der Waals surface area contributed by atoms with Crippen molar-refractivity contribution in [2.24, 2.45) is 0 Å². The number of aromatic nitrogens is 3. The summed E-state index contributed by atoms with van der Waals surface area (Å²) in [5.41, 5.74) is 1.60. The first-order valence-corrected chi connectivity index (χ1v) is 10.2. The minimum atomic E-state index is -4.35. The van der Waals surface area contributed by atoms with Crippen LogP contribution in [0.2, 0.25) is 0 Å². The summed E-state index contributed by atoms with van der Waals surface area (Å²) in [7, 11) is 1.85. The number of rotatable bonds is 5. The van der Waals surface area contributed by atoms with Crippen molar-refractivity contribution < 1.29 is 13.2 Å². The molecule has 0 aliphatic carbocycles. The van der Waals surface area contributed by atoms with E-state index in [1.807, 2.05) is 36.0 Å². The second kappa shape index (κ2) is 11.4. The Morgan fingerprint density at radius 2 is 2.07 bits per heavy atom. The van der Waals surface area contributed by atoms with E-state index in [9.17, 15) is 13.2 Å². The van der Waals surface area contributed by atoms with Crippen LogP contribution in [-0.4, -0.2) is 28.0 Å². The molecule has 30 heavy (non-hydrogen) atoms. The molecular formula is C23H29F3N4. The van der Waals surface area contributed by atoms with Crippen LogP contribution in [0.1, 0.15) is 44.5 Å². The van der Waals surface area contributed by atoms with Crippen molar-refractivity contribution in [1.29, 1.82) is 0 Å². The largest absolute Gasteiger partial charge is 0.416 e. The molecule has 0 fully saturated rings. The summed E-state index contributed by atoms with van der Waals surface area (Å²) in [5.74, 6) is 0.910. The van der Waals surface area contributed by atoms with E-state index in [1.165, 1.54) is 12.2 Å². The monoisotopic (exact) mass is 418 g/mol. The molecule has 2 aromatic heterocycles. The van der Waals surface area contributed by atoms with Gasteiger partial charge in [-0.3, -0.25) is 4.68 Å². The lowest BCUT2D eigenvalue weighted by Crippen LogP contribution is -2.11. The molecule has 0 atom stereocenters.